The third kappa shape index (κ3) is 13.7. The van der Waals surface area contributed by atoms with Crippen LogP contribution in [0.1, 0.15) is 27.2 Å². The van der Waals surface area contributed by atoms with Crippen molar-refractivity contribution in [3.63, 3.8) is 0 Å². The summed E-state index contributed by atoms with van der Waals surface area (Å²) in [7, 11) is 0. The van der Waals surface area contributed by atoms with Gasteiger partial charge >= 0.3 is 5.97 Å². The molecule has 6 fully saturated rings. The number of carboxylic acids is 1. The highest BCUT2D eigenvalue weighted by Crippen LogP contribution is 2.39. The van der Waals surface area contributed by atoms with Gasteiger partial charge in [0.15, 0.2) is 31.5 Å². The van der Waals surface area contributed by atoms with Gasteiger partial charge in [0.2, 0.25) is 11.8 Å². The lowest BCUT2D eigenvalue weighted by Crippen LogP contribution is -2.71. The Balaban J connectivity index is 1.34. The van der Waals surface area contributed by atoms with Gasteiger partial charge in [0.25, 0.3) is 5.79 Å². The average molecular weight is 1150 g/mol. The Morgan fingerprint density at radius 3 is 1.63 bits per heavy atom. The molecule has 0 unspecified atom stereocenters. The molecule has 78 heavy (non-hydrogen) atoms. The number of carboxylic acid groups (broad SMARTS) is 1. The first kappa shape index (κ1) is 64.4. The number of rotatable bonds is 20. The molecule has 21 N–H and O–H groups in total. The molecule has 0 aromatic rings. The maximum atomic E-state index is 13.0. The van der Waals surface area contributed by atoms with E-state index in [0.29, 0.717) is 0 Å². The smallest absolute Gasteiger partial charge is 0.364 e. The number of carbonyl (C=O) groups excluding carboxylic acids is 2. The van der Waals surface area contributed by atoms with Gasteiger partial charge in [-0.2, -0.15) is 0 Å². The molecule has 2 amide bonds. The van der Waals surface area contributed by atoms with Crippen molar-refractivity contribution >= 4 is 17.8 Å². The van der Waals surface area contributed by atoms with Crippen molar-refractivity contribution in [1.29, 1.82) is 0 Å². The average Bonchev–Trinajstić information content (AvgIpc) is 3.47. The number of hydrogen-bond acceptors (Lipinski definition) is 32. The molecule has 6 aliphatic rings. The van der Waals surface area contributed by atoms with Crippen LogP contribution in [0.3, 0.4) is 0 Å². The minimum Gasteiger partial charge on any atom is -0.477 e. The summed E-state index contributed by atoms with van der Waals surface area (Å²) in [6, 6.07) is -3.57. The zero-order chi connectivity index (χ0) is 58.0. The molecular weight excluding hydrogens is 1070 g/mol. The van der Waals surface area contributed by atoms with Crippen LogP contribution in [0.15, 0.2) is 0 Å². The Hall–Kier alpha value is -2.75. The predicted octanol–water partition coefficient (Wildman–Crippen LogP) is -13.6. The first-order valence-electron chi connectivity index (χ1n) is 24.6. The van der Waals surface area contributed by atoms with Crippen LogP contribution in [-0.2, 0) is 66.5 Å². The lowest BCUT2D eigenvalue weighted by Gasteiger charge is -2.51. The van der Waals surface area contributed by atoms with Crippen molar-refractivity contribution in [2.75, 3.05) is 33.0 Å². The van der Waals surface area contributed by atoms with Crippen LogP contribution in [0.4, 0.5) is 0 Å². The fraction of sp³-hybridized carbons (Fsp3) is 0.930. The molecule has 6 saturated heterocycles. The number of aliphatic hydroxyl groups is 18. The number of nitrogens with one attached hydrogen (secondary N) is 2. The first-order valence-corrected chi connectivity index (χ1v) is 24.6. The summed E-state index contributed by atoms with van der Waals surface area (Å²) in [5, 5.41) is 209. The molecule has 0 radical (unpaired) electrons. The highest BCUT2D eigenvalue weighted by atomic mass is 16.8. The highest BCUT2D eigenvalue weighted by Gasteiger charge is 2.60. The van der Waals surface area contributed by atoms with Crippen LogP contribution in [-0.4, -0.2) is 338 Å². The number of carbonyl (C=O) groups is 3. The first-order chi connectivity index (χ1) is 36.6. The summed E-state index contributed by atoms with van der Waals surface area (Å²) >= 11 is 0. The van der Waals surface area contributed by atoms with Crippen molar-refractivity contribution in [2.45, 2.75) is 217 Å². The minimum atomic E-state index is -3.07. The van der Waals surface area contributed by atoms with Gasteiger partial charge in [0.05, 0.1) is 51.3 Å². The number of hydrogen-bond donors (Lipinski definition) is 21. The van der Waals surface area contributed by atoms with E-state index in [1.807, 2.05) is 0 Å². The topological polar surface area (TPSA) is 561 Å². The molecule has 6 aliphatic heterocycles. The Morgan fingerprint density at radius 2 is 1.05 bits per heavy atom. The maximum absolute atomic E-state index is 13.0. The van der Waals surface area contributed by atoms with E-state index in [1.165, 1.54) is 6.92 Å². The molecule has 0 aliphatic carbocycles. The van der Waals surface area contributed by atoms with Gasteiger partial charge in [-0.25, -0.2) is 4.79 Å². The molecule has 35 heteroatoms. The van der Waals surface area contributed by atoms with Gasteiger partial charge in [-0.1, -0.05) is 0 Å². The molecule has 452 valence electrons. The molecule has 0 aromatic heterocycles. The van der Waals surface area contributed by atoms with Gasteiger partial charge in [-0.15, -0.1) is 0 Å². The fourth-order valence-corrected chi connectivity index (χ4v) is 9.83. The van der Waals surface area contributed by atoms with Gasteiger partial charge in [0, 0.05) is 20.3 Å². The van der Waals surface area contributed by atoms with E-state index in [4.69, 9.17) is 52.1 Å². The molecule has 0 bridgehead atoms. The number of amides is 2. The van der Waals surface area contributed by atoms with E-state index in [0.717, 1.165) is 13.8 Å². The third-order valence-corrected chi connectivity index (χ3v) is 14.2. The van der Waals surface area contributed by atoms with Crippen LogP contribution >= 0.6 is 0 Å². The minimum absolute atomic E-state index is 0.815. The molecule has 31 atom stereocenters. The Kier molecular flexibility index (Phi) is 22.4. The SMILES string of the molecule is CC(=O)N[C@H]1[C@H](O[C@H]2[C@@H](O)[C@@H](CO)O[C@@H](O[C@H]3[C@H](O)[C@@H](O)[C@H](O)O[C@@H]3CO)[C@@H]2O)O[C@H](CO)[C@@H](O)[C@@H]1O[C@@H]1O[C@H](CO[C@]2(C(=O)O)C[C@H](O)[C@@H](NC(C)=O)[C@H]([C@H](O)[C@H](O)CO)O2)[C@H](O)[C@H](O)[C@H]1O[C@@H]1O[C@@H](C)[C@@H](O)[C@@H](O)[C@@H]1O. The molecule has 6 rings (SSSR count). The standard InChI is InChI=1S/C43H72N2O33/c1-10-21(54)26(59)30(63)39(69-10)77-36-27(60)23(56)18(9-68-43(42(66)67)4-13(52)19(44-11(2)50)34(78-43)22(55)14(53)5-46)73-41(36)75-33-20(45-12(3)51)38(71-15(6-47)24(33)57)76-35-25(58)16(7-48)72-40(31(35)64)74-32-17(8-49)70-37(65)29(62)28(32)61/h10,13-41,46-49,52-65H,4-9H2,1-3H3,(H,44,50)(H,45,51)(H,66,67)/t10-,13-,14+,15+,16+,17+,18+,19+,20+,21+,22+,23-,24+,25-,26+,27-,28+,29+,30-,31+,32+,33+,34+,35-,36+,37+,38-,39-,40-,41-,43+/m0/s1. The van der Waals surface area contributed by atoms with Crippen LogP contribution < -0.4 is 10.6 Å². The molecule has 0 spiro atoms. The summed E-state index contributed by atoms with van der Waals surface area (Å²) in [5.41, 5.74) is 0. The fourth-order valence-electron chi connectivity index (χ4n) is 9.83. The van der Waals surface area contributed by atoms with Gasteiger partial charge < -0.3 is 160 Å². The lowest BCUT2D eigenvalue weighted by molar-refractivity contribution is -0.393. The maximum Gasteiger partial charge on any atom is 0.364 e. The van der Waals surface area contributed by atoms with Gasteiger partial charge in [0.1, 0.15) is 134 Å². The highest BCUT2D eigenvalue weighted by molar-refractivity contribution is 5.76. The van der Waals surface area contributed by atoms with E-state index in [1.54, 1.807) is 0 Å². The van der Waals surface area contributed by atoms with Gasteiger partial charge in [-0.05, 0) is 6.92 Å². The van der Waals surface area contributed by atoms with E-state index in [9.17, 15) is 111 Å². The quantitative estimate of drug-likeness (QED) is 0.0538. The zero-order valence-corrected chi connectivity index (χ0v) is 41.8. The Bertz CT molecular complexity index is 1950. The molecule has 0 saturated carbocycles. The third-order valence-electron chi connectivity index (χ3n) is 14.2. The summed E-state index contributed by atoms with van der Waals surface area (Å²) in [6.07, 6.45) is -57.4. The second-order valence-electron chi connectivity index (χ2n) is 19.7. The summed E-state index contributed by atoms with van der Waals surface area (Å²) in [5.74, 6) is -6.85. The molecule has 35 nitrogen and oxygen atoms in total. The van der Waals surface area contributed by atoms with Crippen molar-refractivity contribution in [3.8, 4) is 0 Å². The lowest BCUT2D eigenvalue weighted by atomic mass is 9.88. The Labute approximate surface area is 441 Å². The van der Waals surface area contributed by atoms with E-state index in [2.05, 4.69) is 10.6 Å². The molecule has 6 heterocycles. The van der Waals surface area contributed by atoms with E-state index < -0.39 is 247 Å². The summed E-state index contributed by atoms with van der Waals surface area (Å²) in [6.45, 7) is -2.24. The number of aliphatic carboxylic acids is 1. The second-order valence-corrected chi connectivity index (χ2v) is 19.7. The van der Waals surface area contributed by atoms with Crippen molar-refractivity contribution < 1.29 is 164 Å². The van der Waals surface area contributed by atoms with Crippen LogP contribution in [0, 0.1) is 0 Å². The van der Waals surface area contributed by atoms with Gasteiger partial charge in [-0.3, -0.25) is 9.59 Å². The number of ether oxygens (including phenoxy) is 11. The normalized spacial score (nSPS) is 48.1. The predicted molar refractivity (Wildman–Crippen MR) is 238 cm³/mol. The Morgan fingerprint density at radius 1 is 0.538 bits per heavy atom. The molecule has 0 aromatic carbocycles. The van der Waals surface area contributed by atoms with Crippen LogP contribution in [0.2, 0.25) is 0 Å². The summed E-state index contributed by atoms with van der Waals surface area (Å²) < 4.78 is 63.0. The zero-order valence-electron chi connectivity index (χ0n) is 41.8. The van der Waals surface area contributed by atoms with Crippen molar-refractivity contribution in [3.05, 3.63) is 0 Å². The van der Waals surface area contributed by atoms with E-state index in [-0.39, 0.29) is 0 Å². The largest absolute Gasteiger partial charge is 0.477 e. The van der Waals surface area contributed by atoms with Crippen LogP contribution in [0.5, 0.6) is 0 Å². The number of aliphatic hydroxyl groups excluding tert-OH is 18. The monoisotopic (exact) mass is 1140 g/mol. The van der Waals surface area contributed by atoms with E-state index >= 15 is 0 Å². The second kappa shape index (κ2) is 27.1. The van der Waals surface area contributed by atoms with Crippen molar-refractivity contribution in [1.82, 2.24) is 10.6 Å². The van der Waals surface area contributed by atoms with Crippen LogP contribution in [0.25, 0.3) is 0 Å². The van der Waals surface area contributed by atoms with Crippen molar-refractivity contribution in [2.24, 2.45) is 0 Å². The summed E-state index contributed by atoms with van der Waals surface area (Å²) in [4.78, 5) is 38.0. The molecular formula is C43H72N2O33.